The molecule has 1 saturated heterocycles. The van der Waals surface area contributed by atoms with Crippen molar-refractivity contribution >= 4 is 11.4 Å². The third kappa shape index (κ3) is 3.72. The molecule has 124 valence electrons. The molecule has 0 bridgehead atoms. The molecule has 1 aromatic carbocycles. The third-order valence-electron chi connectivity index (χ3n) is 4.67. The molecule has 22 heavy (non-hydrogen) atoms. The Morgan fingerprint density at radius 3 is 2.36 bits per heavy atom. The summed E-state index contributed by atoms with van der Waals surface area (Å²) in [5, 5.41) is 13.5. The second kappa shape index (κ2) is 7.31. The van der Waals surface area contributed by atoms with Gasteiger partial charge in [0.15, 0.2) is 6.29 Å². The van der Waals surface area contributed by atoms with Gasteiger partial charge in [-0.3, -0.25) is 0 Å². The van der Waals surface area contributed by atoms with Crippen LogP contribution in [0, 0.1) is 11.8 Å². The van der Waals surface area contributed by atoms with E-state index in [0.717, 1.165) is 5.69 Å². The largest absolute Gasteiger partial charge is 0.388 e. The van der Waals surface area contributed by atoms with Gasteiger partial charge in [0.1, 0.15) is 6.10 Å². The van der Waals surface area contributed by atoms with Gasteiger partial charge in [-0.05, 0) is 36.1 Å². The van der Waals surface area contributed by atoms with E-state index in [-0.39, 0.29) is 17.9 Å². The second-order valence-electron chi connectivity index (χ2n) is 6.31. The molecule has 0 amide bonds. The maximum absolute atomic E-state index is 10.1. The van der Waals surface area contributed by atoms with Gasteiger partial charge in [0.25, 0.3) is 0 Å². The van der Waals surface area contributed by atoms with Gasteiger partial charge in [-0.25, -0.2) is 0 Å². The van der Waals surface area contributed by atoms with Gasteiger partial charge in [0, 0.05) is 39.1 Å². The van der Waals surface area contributed by atoms with E-state index >= 15 is 0 Å². The number of aliphatic hydroxyl groups excluding tert-OH is 1. The number of rotatable bonds is 5. The molecule has 0 aromatic heterocycles. The van der Waals surface area contributed by atoms with Crippen molar-refractivity contribution in [2.75, 3.05) is 38.0 Å². The lowest BCUT2D eigenvalue weighted by Crippen LogP contribution is -2.51. The van der Waals surface area contributed by atoms with E-state index < -0.39 is 12.4 Å². The Kier molecular flexibility index (Phi) is 5.67. The smallest absolute Gasteiger partial charge is 0.183 e. The number of nitrogens with one attached hydrogen (secondary N) is 1. The van der Waals surface area contributed by atoms with Crippen LogP contribution < -0.4 is 10.2 Å². The molecule has 5 heteroatoms. The Bertz CT molecular complexity index is 461. The van der Waals surface area contributed by atoms with Crippen molar-refractivity contribution in [3.8, 4) is 0 Å². The topological polar surface area (TPSA) is 54.0 Å². The molecule has 5 atom stereocenters. The van der Waals surface area contributed by atoms with Crippen molar-refractivity contribution in [2.45, 2.75) is 32.3 Å². The Morgan fingerprint density at radius 2 is 1.82 bits per heavy atom. The highest BCUT2D eigenvalue weighted by Crippen LogP contribution is 2.31. The quantitative estimate of drug-likeness (QED) is 0.873. The Balaban J connectivity index is 1.95. The zero-order chi connectivity index (χ0) is 16.3. The lowest BCUT2D eigenvalue weighted by Gasteiger charge is -2.42. The van der Waals surface area contributed by atoms with Crippen LogP contribution in [0.5, 0.6) is 0 Å². The number of nitrogens with zero attached hydrogens (tertiary/aromatic N) is 1. The number of benzene rings is 1. The number of ether oxygens (including phenoxy) is 2. The molecule has 2 N–H and O–H groups in total. The summed E-state index contributed by atoms with van der Waals surface area (Å²) in [4.78, 5) is 2.07. The molecule has 2 rings (SSSR count). The summed E-state index contributed by atoms with van der Waals surface area (Å²) in [6.45, 7) is 4.85. The van der Waals surface area contributed by atoms with Gasteiger partial charge in [-0.1, -0.05) is 13.8 Å². The van der Waals surface area contributed by atoms with E-state index in [0.29, 0.717) is 6.54 Å². The average Bonchev–Trinajstić information content (AvgIpc) is 2.52. The van der Waals surface area contributed by atoms with Gasteiger partial charge in [0.2, 0.25) is 0 Å². The summed E-state index contributed by atoms with van der Waals surface area (Å²) in [5.74, 6) is 0.400. The van der Waals surface area contributed by atoms with Gasteiger partial charge >= 0.3 is 0 Å². The number of methoxy groups -OCH3 is 1. The predicted octanol–water partition coefficient (Wildman–Crippen LogP) is 2.17. The summed E-state index contributed by atoms with van der Waals surface area (Å²) in [5.41, 5.74) is 2.23. The number of hydrogen-bond acceptors (Lipinski definition) is 5. The minimum atomic E-state index is -0.573. The SMILES string of the molecule is COC1OC(CNc2ccc(N(C)C)cc2)C(C)C(C)C1O. The first-order valence-electron chi connectivity index (χ1n) is 7.81. The number of anilines is 2. The highest BCUT2D eigenvalue weighted by Gasteiger charge is 2.40. The Labute approximate surface area is 133 Å². The third-order valence-corrected chi connectivity index (χ3v) is 4.67. The van der Waals surface area contributed by atoms with E-state index in [1.54, 1.807) is 7.11 Å². The first kappa shape index (κ1) is 17.1. The van der Waals surface area contributed by atoms with Gasteiger partial charge in [0.05, 0.1) is 6.10 Å². The number of aliphatic hydroxyl groups is 1. The van der Waals surface area contributed by atoms with Crippen molar-refractivity contribution in [1.29, 1.82) is 0 Å². The Hall–Kier alpha value is -1.30. The summed E-state index contributed by atoms with van der Waals surface area (Å²) < 4.78 is 11.1. The highest BCUT2D eigenvalue weighted by molar-refractivity contribution is 5.54. The van der Waals surface area contributed by atoms with Gasteiger partial charge in [-0.15, -0.1) is 0 Å². The van der Waals surface area contributed by atoms with Crippen LogP contribution in [0.2, 0.25) is 0 Å². The van der Waals surface area contributed by atoms with Crippen LogP contribution in [0.4, 0.5) is 11.4 Å². The van der Waals surface area contributed by atoms with Crippen LogP contribution >= 0.6 is 0 Å². The zero-order valence-corrected chi connectivity index (χ0v) is 14.1. The molecule has 0 aliphatic carbocycles. The molecule has 1 fully saturated rings. The van der Waals surface area contributed by atoms with Crippen LogP contribution in [0.3, 0.4) is 0 Å². The molecule has 0 saturated carbocycles. The molecule has 5 unspecified atom stereocenters. The summed E-state index contributed by atoms with van der Waals surface area (Å²) in [6, 6.07) is 8.29. The minimum Gasteiger partial charge on any atom is -0.388 e. The van der Waals surface area contributed by atoms with Crippen LogP contribution in [0.1, 0.15) is 13.8 Å². The molecule has 1 aromatic rings. The van der Waals surface area contributed by atoms with Crippen LogP contribution in [0.15, 0.2) is 24.3 Å². The fourth-order valence-corrected chi connectivity index (χ4v) is 2.80. The van der Waals surface area contributed by atoms with Crippen LogP contribution in [0.25, 0.3) is 0 Å². The van der Waals surface area contributed by atoms with Crippen molar-refractivity contribution in [3.05, 3.63) is 24.3 Å². The second-order valence-corrected chi connectivity index (χ2v) is 6.31. The monoisotopic (exact) mass is 308 g/mol. The summed E-state index contributed by atoms with van der Waals surface area (Å²) in [7, 11) is 5.62. The van der Waals surface area contributed by atoms with Crippen molar-refractivity contribution in [1.82, 2.24) is 0 Å². The van der Waals surface area contributed by atoms with E-state index in [1.165, 1.54) is 5.69 Å². The zero-order valence-electron chi connectivity index (χ0n) is 14.1. The Morgan fingerprint density at radius 1 is 1.18 bits per heavy atom. The predicted molar refractivity (Wildman–Crippen MR) is 89.3 cm³/mol. The standard InChI is InChI=1S/C17H28N2O3/c1-11-12(2)16(20)17(21-5)22-15(11)10-18-13-6-8-14(9-7-13)19(3)4/h6-9,11-12,15-18,20H,10H2,1-5H3. The lowest BCUT2D eigenvalue weighted by atomic mass is 9.83. The molecule has 1 heterocycles. The molecular formula is C17H28N2O3. The molecular weight excluding hydrogens is 280 g/mol. The molecule has 5 nitrogen and oxygen atoms in total. The van der Waals surface area contributed by atoms with Gasteiger partial charge < -0.3 is 24.8 Å². The summed E-state index contributed by atoms with van der Waals surface area (Å²) >= 11 is 0. The average molecular weight is 308 g/mol. The van der Waals surface area contributed by atoms with E-state index in [4.69, 9.17) is 9.47 Å². The molecule has 1 aliphatic heterocycles. The van der Waals surface area contributed by atoms with Gasteiger partial charge in [-0.2, -0.15) is 0 Å². The molecule has 0 spiro atoms. The fourth-order valence-electron chi connectivity index (χ4n) is 2.80. The maximum atomic E-state index is 10.1. The molecule has 1 aliphatic rings. The summed E-state index contributed by atoms with van der Waals surface area (Å²) in [6.07, 6.45) is -1.11. The van der Waals surface area contributed by atoms with Crippen molar-refractivity contribution in [3.63, 3.8) is 0 Å². The van der Waals surface area contributed by atoms with E-state index in [9.17, 15) is 5.11 Å². The normalized spacial score (nSPS) is 31.8. The lowest BCUT2D eigenvalue weighted by molar-refractivity contribution is -0.257. The molecule has 0 radical (unpaired) electrons. The highest BCUT2D eigenvalue weighted by atomic mass is 16.7. The maximum Gasteiger partial charge on any atom is 0.183 e. The first-order valence-corrected chi connectivity index (χ1v) is 7.81. The fraction of sp³-hybridized carbons (Fsp3) is 0.647. The van der Waals surface area contributed by atoms with Crippen LogP contribution in [-0.2, 0) is 9.47 Å². The van der Waals surface area contributed by atoms with E-state index in [1.807, 2.05) is 21.0 Å². The first-order chi connectivity index (χ1) is 10.4. The van der Waals surface area contributed by atoms with Crippen LogP contribution in [-0.4, -0.2) is 51.4 Å². The van der Waals surface area contributed by atoms with Crippen molar-refractivity contribution < 1.29 is 14.6 Å². The van der Waals surface area contributed by atoms with Crippen molar-refractivity contribution in [2.24, 2.45) is 11.8 Å². The minimum absolute atomic E-state index is 0.0110. The number of hydrogen-bond donors (Lipinski definition) is 2. The van der Waals surface area contributed by atoms with E-state index in [2.05, 4.69) is 41.4 Å².